The normalized spacial score (nSPS) is 13.8. The van der Waals surface area contributed by atoms with Crippen molar-refractivity contribution in [2.24, 2.45) is 0 Å². The second-order valence-electron chi connectivity index (χ2n) is 10.5. The molecule has 37 heavy (non-hydrogen) atoms. The Morgan fingerprint density at radius 1 is 1.08 bits per heavy atom. The van der Waals surface area contributed by atoms with Gasteiger partial charge in [-0.15, -0.1) is 0 Å². The van der Waals surface area contributed by atoms with Gasteiger partial charge < -0.3 is 19.9 Å². The minimum Gasteiger partial charge on any atom is -0.493 e. The van der Waals surface area contributed by atoms with Gasteiger partial charge in [0.15, 0.2) is 6.10 Å². The number of carbonyl (C=O) groups is 2. The van der Waals surface area contributed by atoms with Gasteiger partial charge in [0.05, 0.1) is 12.2 Å². The number of carboxylic acids is 1. The molecule has 1 aliphatic heterocycles. The van der Waals surface area contributed by atoms with Gasteiger partial charge in [-0.1, -0.05) is 36.4 Å². The summed E-state index contributed by atoms with van der Waals surface area (Å²) in [4.78, 5) is 25.2. The predicted octanol–water partition coefficient (Wildman–Crippen LogP) is 6.50. The zero-order valence-electron chi connectivity index (χ0n) is 22.0. The fourth-order valence-corrected chi connectivity index (χ4v) is 4.73. The highest BCUT2D eigenvalue weighted by Crippen LogP contribution is 2.39. The van der Waals surface area contributed by atoms with E-state index in [0.717, 1.165) is 46.4 Å². The van der Waals surface area contributed by atoms with Crippen molar-refractivity contribution in [3.63, 3.8) is 0 Å². The number of nitrogens with one attached hydrogen (secondary N) is 1. The fourth-order valence-electron chi connectivity index (χ4n) is 4.73. The Balaban J connectivity index is 1.71. The third kappa shape index (κ3) is 6.77. The SMILES string of the molecule is Cc1cc(NC(=O)CCc2ccccc2)cc(C(OC(C)(C)C)C(=O)O)c1-c1ccc2c(c1)CCCO2. The Bertz CT molecular complexity index is 1280. The van der Waals surface area contributed by atoms with Gasteiger partial charge in [0, 0.05) is 17.7 Å². The Morgan fingerprint density at radius 3 is 2.54 bits per heavy atom. The van der Waals surface area contributed by atoms with E-state index < -0.39 is 17.7 Å². The quantitative estimate of drug-likeness (QED) is 0.368. The first kappa shape index (κ1) is 26.4. The maximum Gasteiger partial charge on any atom is 0.337 e. The average molecular weight is 502 g/mol. The Labute approximate surface area is 218 Å². The lowest BCUT2D eigenvalue weighted by Crippen LogP contribution is -2.28. The highest BCUT2D eigenvalue weighted by atomic mass is 16.5. The van der Waals surface area contributed by atoms with Crippen molar-refractivity contribution in [2.45, 2.75) is 65.1 Å². The molecule has 0 aliphatic carbocycles. The summed E-state index contributed by atoms with van der Waals surface area (Å²) in [5.74, 6) is -0.335. The first-order chi connectivity index (χ1) is 17.6. The number of benzene rings is 3. The second-order valence-corrected chi connectivity index (χ2v) is 10.5. The summed E-state index contributed by atoms with van der Waals surface area (Å²) in [6.45, 7) is 8.14. The van der Waals surface area contributed by atoms with Crippen molar-refractivity contribution in [3.8, 4) is 16.9 Å². The lowest BCUT2D eigenvalue weighted by molar-refractivity contribution is -0.160. The van der Waals surface area contributed by atoms with Crippen molar-refractivity contribution >= 4 is 17.6 Å². The van der Waals surface area contributed by atoms with Gasteiger partial charge in [0.25, 0.3) is 0 Å². The molecule has 6 heteroatoms. The van der Waals surface area contributed by atoms with Crippen molar-refractivity contribution in [3.05, 3.63) is 82.9 Å². The Hall–Kier alpha value is -3.64. The third-order valence-corrected chi connectivity index (χ3v) is 6.31. The van der Waals surface area contributed by atoms with Crippen LogP contribution in [-0.4, -0.2) is 29.2 Å². The molecule has 2 N–H and O–H groups in total. The number of carbonyl (C=O) groups excluding carboxylic acids is 1. The van der Waals surface area contributed by atoms with E-state index in [2.05, 4.69) is 11.4 Å². The van der Waals surface area contributed by atoms with Gasteiger partial charge in [0.2, 0.25) is 5.91 Å². The first-order valence-electron chi connectivity index (χ1n) is 12.8. The number of carboxylic acid groups (broad SMARTS) is 1. The molecule has 1 aliphatic rings. The van der Waals surface area contributed by atoms with Gasteiger partial charge in [-0.25, -0.2) is 4.79 Å². The number of aliphatic carboxylic acids is 1. The maximum absolute atomic E-state index is 12.8. The number of rotatable bonds is 8. The molecule has 0 aromatic heterocycles. The van der Waals surface area contributed by atoms with E-state index in [0.29, 0.717) is 30.7 Å². The smallest absolute Gasteiger partial charge is 0.337 e. The number of anilines is 1. The number of amides is 1. The van der Waals surface area contributed by atoms with Crippen LogP contribution in [0, 0.1) is 6.92 Å². The van der Waals surface area contributed by atoms with Crippen LogP contribution in [0.5, 0.6) is 5.75 Å². The summed E-state index contributed by atoms with van der Waals surface area (Å²) < 4.78 is 11.8. The van der Waals surface area contributed by atoms with Gasteiger partial charge in [-0.3, -0.25) is 4.79 Å². The molecule has 194 valence electrons. The largest absolute Gasteiger partial charge is 0.493 e. The van der Waals surface area contributed by atoms with Gasteiger partial charge in [-0.2, -0.15) is 0 Å². The van der Waals surface area contributed by atoms with Crippen LogP contribution in [0.15, 0.2) is 60.7 Å². The second kappa shape index (κ2) is 11.2. The molecule has 0 spiro atoms. The number of fused-ring (bicyclic) bond motifs is 1. The summed E-state index contributed by atoms with van der Waals surface area (Å²) in [5, 5.41) is 13.2. The lowest BCUT2D eigenvalue weighted by Gasteiger charge is -2.28. The summed E-state index contributed by atoms with van der Waals surface area (Å²) in [6.07, 6.45) is 1.60. The minimum atomic E-state index is -1.21. The molecule has 6 nitrogen and oxygen atoms in total. The van der Waals surface area contributed by atoms with Crippen molar-refractivity contribution in [2.75, 3.05) is 11.9 Å². The van der Waals surface area contributed by atoms with Crippen LogP contribution in [0.2, 0.25) is 0 Å². The van der Waals surface area contributed by atoms with E-state index in [1.54, 1.807) is 6.07 Å². The van der Waals surface area contributed by atoms with E-state index in [-0.39, 0.29) is 5.91 Å². The van der Waals surface area contributed by atoms with Crippen LogP contribution >= 0.6 is 0 Å². The maximum atomic E-state index is 12.8. The molecule has 0 radical (unpaired) electrons. The molecule has 3 aromatic carbocycles. The zero-order chi connectivity index (χ0) is 26.6. The topological polar surface area (TPSA) is 84.9 Å². The molecular weight excluding hydrogens is 466 g/mol. The third-order valence-electron chi connectivity index (χ3n) is 6.31. The zero-order valence-corrected chi connectivity index (χ0v) is 22.0. The molecule has 0 saturated carbocycles. The van der Waals surface area contributed by atoms with Crippen molar-refractivity contribution < 1.29 is 24.2 Å². The summed E-state index contributed by atoms with van der Waals surface area (Å²) >= 11 is 0. The van der Waals surface area contributed by atoms with E-state index in [9.17, 15) is 14.7 Å². The fraction of sp³-hybridized carbons (Fsp3) is 0.355. The van der Waals surface area contributed by atoms with E-state index >= 15 is 0 Å². The minimum absolute atomic E-state index is 0.128. The summed E-state index contributed by atoms with van der Waals surface area (Å²) in [5.41, 5.74) is 5.14. The average Bonchev–Trinajstić information content (AvgIpc) is 2.85. The first-order valence-corrected chi connectivity index (χ1v) is 12.8. The van der Waals surface area contributed by atoms with Crippen LogP contribution in [0.3, 0.4) is 0 Å². The van der Waals surface area contributed by atoms with Crippen LogP contribution < -0.4 is 10.1 Å². The molecule has 0 bridgehead atoms. The highest BCUT2D eigenvalue weighted by molar-refractivity contribution is 5.92. The molecule has 1 heterocycles. The molecule has 1 unspecified atom stereocenters. The van der Waals surface area contributed by atoms with Gasteiger partial charge in [-0.05, 0) is 99.0 Å². The van der Waals surface area contributed by atoms with Crippen molar-refractivity contribution in [1.29, 1.82) is 0 Å². The standard InChI is InChI=1S/C31H35NO5/c1-20-17-24(32-27(33)15-12-21-9-6-5-7-10-21)19-25(29(30(34)35)37-31(2,3)4)28(20)23-13-14-26-22(18-23)11-8-16-36-26/h5-7,9-10,13-14,17-19,29H,8,11-12,15-16H2,1-4H3,(H,32,33)(H,34,35). The van der Waals surface area contributed by atoms with E-state index in [4.69, 9.17) is 9.47 Å². The lowest BCUT2D eigenvalue weighted by atomic mass is 9.89. The summed E-state index contributed by atoms with van der Waals surface area (Å²) in [6, 6.07) is 19.5. The molecule has 3 aromatic rings. The number of hydrogen-bond acceptors (Lipinski definition) is 4. The van der Waals surface area contributed by atoms with Gasteiger partial charge in [0.1, 0.15) is 5.75 Å². The molecule has 1 atom stereocenters. The van der Waals surface area contributed by atoms with Crippen molar-refractivity contribution in [1.82, 2.24) is 0 Å². The van der Waals surface area contributed by atoms with Crippen LogP contribution in [0.25, 0.3) is 11.1 Å². The van der Waals surface area contributed by atoms with Gasteiger partial charge >= 0.3 is 5.97 Å². The van der Waals surface area contributed by atoms with Crippen LogP contribution in [-0.2, 0) is 27.2 Å². The molecular formula is C31H35NO5. The molecule has 0 fully saturated rings. The number of aryl methyl sites for hydroxylation is 3. The van der Waals surface area contributed by atoms with Crippen LogP contribution in [0.1, 0.15) is 62.0 Å². The Morgan fingerprint density at radius 2 is 1.84 bits per heavy atom. The summed E-state index contributed by atoms with van der Waals surface area (Å²) in [7, 11) is 0. The molecule has 4 rings (SSSR count). The van der Waals surface area contributed by atoms with E-state index in [1.165, 1.54) is 0 Å². The predicted molar refractivity (Wildman–Crippen MR) is 145 cm³/mol. The number of hydrogen-bond donors (Lipinski definition) is 2. The molecule has 0 saturated heterocycles. The Kier molecular flexibility index (Phi) is 7.98. The highest BCUT2D eigenvalue weighted by Gasteiger charge is 2.30. The number of ether oxygens (including phenoxy) is 2. The van der Waals surface area contributed by atoms with Crippen LogP contribution in [0.4, 0.5) is 5.69 Å². The monoisotopic (exact) mass is 501 g/mol. The molecule has 1 amide bonds. The van der Waals surface area contributed by atoms with E-state index in [1.807, 2.05) is 76.2 Å².